The molecular formula is C19H24ClF2N3O. The molecule has 1 amide bonds. The highest BCUT2D eigenvalue weighted by Crippen LogP contribution is 2.44. The van der Waals surface area contributed by atoms with Crippen molar-refractivity contribution < 1.29 is 13.6 Å². The average molecular weight is 384 g/mol. The fourth-order valence-corrected chi connectivity index (χ4v) is 4.28. The molecule has 2 fully saturated rings. The molecule has 142 valence electrons. The van der Waals surface area contributed by atoms with Gasteiger partial charge in [0.2, 0.25) is 5.91 Å². The van der Waals surface area contributed by atoms with Crippen LogP contribution in [0.25, 0.3) is 0 Å². The highest BCUT2D eigenvalue weighted by atomic mass is 35.5. The summed E-state index contributed by atoms with van der Waals surface area (Å²) >= 11 is 0. The fraction of sp³-hybridized carbons (Fsp3) is 0.579. The second-order valence-electron chi connectivity index (χ2n) is 7.32. The summed E-state index contributed by atoms with van der Waals surface area (Å²) in [5.74, 6) is -0.636. The number of amides is 1. The summed E-state index contributed by atoms with van der Waals surface area (Å²) < 4.78 is 26.8. The summed E-state index contributed by atoms with van der Waals surface area (Å²) in [4.78, 5) is 14.2. The van der Waals surface area contributed by atoms with Crippen LogP contribution in [0.3, 0.4) is 0 Å². The van der Waals surface area contributed by atoms with Crippen molar-refractivity contribution >= 4 is 18.3 Å². The third kappa shape index (κ3) is 3.99. The van der Waals surface area contributed by atoms with Gasteiger partial charge in [-0.15, -0.1) is 12.4 Å². The molecule has 1 aliphatic carbocycles. The molecule has 1 saturated heterocycles. The lowest BCUT2D eigenvalue weighted by atomic mass is 9.73. The number of nitrogens with two attached hydrogens (primary N) is 1. The van der Waals surface area contributed by atoms with Crippen LogP contribution in [-0.4, -0.2) is 35.6 Å². The van der Waals surface area contributed by atoms with Gasteiger partial charge in [-0.3, -0.25) is 4.79 Å². The first kappa shape index (κ1) is 20.6. The number of hydrogen-bond acceptors (Lipinski definition) is 3. The van der Waals surface area contributed by atoms with Crippen molar-refractivity contribution in [3.8, 4) is 6.07 Å². The van der Waals surface area contributed by atoms with Crippen LogP contribution < -0.4 is 5.73 Å². The van der Waals surface area contributed by atoms with Crippen LogP contribution in [0, 0.1) is 22.6 Å². The molecule has 3 atom stereocenters. The quantitative estimate of drug-likeness (QED) is 0.868. The number of nitriles is 1. The van der Waals surface area contributed by atoms with Crippen molar-refractivity contribution in [2.75, 3.05) is 6.54 Å². The predicted octanol–water partition coefficient (Wildman–Crippen LogP) is 3.14. The monoisotopic (exact) mass is 383 g/mol. The second-order valence-corrected chi connectivity index (χ2v) is 7.32. The zero-order valence-corrected chi connectivity index (χ0v) is 15.4. The van der Waals surface area contributed by atoms with Crippen LogP contribution in [0.1, 0.15) is 37.7 Å². The molecule has 0 bridgehead atoms. The van der Waals surface area contributed by atoms with E-state index in [0.717, 1.165) is 31.2 Å². The van der Waals surface area contributed by atoms with E-state index in [9.17, 15) is 18.8 Å². The number of rotatable bonds is 4. The summed E-state index contributed by atoms with van der Waals surface area (Å²) in [5, 5.41) is 9.19. The smallest absolute Gasteiger partial charge is 0.241 e. The van der Waals surface area contributed by atoms with Gasteiger partial charge in [0, 0.05) is 6.42 Å². The first-order valence-electron chi connectivity index (χ1n) is 8.79. The van der Waals surface area contributed by atoms with Gasteiger partial charge in [-0.2, -0.15) is 5.26 Å². The second kappa shape index (κ2) is 8.32. The van der Waals surface area contributed by atoms with E-state index >= 15 is 0 Å². The van der Waals surface area contributed by atoms with Gasteiger partial charge < -0.3 is 10.6 Å². The molecule has 1 aliphatic heterocycles. The Kier molecular flexibility index (Phi) is 6.59. The van der Waals surface area contributed by atoms with E-state index in [1.54, 1.807) is 12.1 Å². The van der Waals surface area contributed by atoms with E-state index in [0.29, 0.717) is 6.42 Å². The van der Waals surface area contributed by atoms with Gasteiger partial charge in [-0.25, -0.2) is 8.78 Å². The van der Waals surface area contributed by atoms with Crippen molar-refractivity contribution in [2.24, 2.45) is 11.1 Å². The summed E-state index contributed by atoms with van der Waals surface area (Å²) in [6.45, 7) is -0.0581. The number of benzene rings is 1. The number of halogens is 3. The van der Waals surface area contributed by atoms with Crippen LogP contribution in [-0.2, 0) is 11.2 Å². The van der Waals surface area contributed by atoms with Gasteiger partial charge in [0.1, 0.15) is 18.0 Å². The summed E-state index contributed by atoms with van der Waals surface area (Å²) in [6.07, 6.45) is 3.05. The fourth-order valence-electron chi connectivity index (χ4n) is 4.28. The standard InChI is InChI=1S/C19H23F2N3O.ClH/c20-14-5-3-13(4-6-14)10-19(7-1-2-8-19)17(23)18(25)24-12-15(21)9-16(24)11-22;/h3-6,15-17H,1-2,7-10,12,23H2;1H/t15-,16-,17+;/m0./s1. The Labute approximate surface area is 158 Å². The van der Waals surface area contributed by atoms with Crippen molar-refractivity contribution in [2.45, 2.75) is 56.8 Å². The van der Waals surface area contributed by atoms with Gasteiger partial charge in [-0.1, -0.05) is 25.0 Å². The number of hydrogen-bond donors (Lipinski definition) is 1. The maximum Gasteiger partial charge on any atom is 0.241 e. The van der Waals surface area contributed by atoms with Crippen LogP contribution in [0.2, 0.25) is 0 Å². The van der Waals surface area contributed by atoms with Crippen molar-refractivity contribution in [1.82, 2.24) is 4.90 Å². The normalized spacial score (nSPS) is 25.4. The van der Waals surface area contributed by atoms with E-state index < -0.39 is 23.7 Å². The number of alkyl halides is 1. The van der Waals surface area contributed by atoms with Crippen molar-refractivity contribution in [3.63, 3.8) is 0 Å². The maximum atomic E-state index is 13.7. The highest BCUT2D eigenvalue weighted by molar-refractivity contribution is 5.85. The van der Waals surface area contributed by atoms with E-state index in [-0.39, 0.29) is 37.1 Å². The zero-order valence-electron chi connectivity index (χ0n) is 14.5. The summed E-state index contributed by atoms with van der Waals surface area (Å²) in [6, 6.07) is 6.75. The van der Waals surface area contributed by atoms with E-state index in [4.69, 9.17) is 5.73 Å². The molecule has 1 heterocycles. The lowest BCUT2D eigenvalue weighted by Crippen LogP contribution is -2.54. The van der Waals surface area contributed by atoms with Crippen LogP contribution in [0.5, 0.6) is 0 Å². The Bertz CT molecular complexity index is 670. The lowest BCUT2D eigenvalue weighted by molar-refractivity contribution is -0.136. The van der Waals surface area contributed by atoms with Crippen LogP contribution in [0.15, 0.2) is 24.3 Å². The first-order valence-corrected chi connectivity index (χ1v) is 8.79. The molecule has 26 heavy (non-hydrogen) atoms. The van der Waals surface area contributed by atoms with E-state index in [2.05, 4.69) is 0 Å². The SMILES string of the molecule is Cl.N#C[C@@H]1C[C@H](F)CN1C(=O)[C@@H](N)C1(Cc2ccc(F)cc2)CCCC1. The molecule has 0 radical (unpaired) electrons. The van der Waals surface area contributed by atoms with E-state index in [1.807, 2.05) is 6.07 Å². The summed E-state index contributed by atoms with van der Waals surface area (Å²) in [5.41, 5.74) is 6.91. The molecule has 1 aromatic rings. The molecule has 2 N–H and O–H groups in total. The minimum absolute atomic E-state index is 0. The zero-order chi connectivity index (χ0) is 18.0. The molecular weight excluding hydrogens is 360 g/mol. The number of carbonyl (C=O) groups excluding carboxylic acids is 1. The maximum absolute atomic E-state index is 13.7. The molecule has 0 spiro atoms. The van der Waals surface area contributed by atoms with Crippen LogP contribution >= 0.6 is 12.4 Å². The van der Waals surface area contributed by atoms with Crippen LogP contribution in [0.4, 0.5) is 8.78 Å². The molecule has 1 saturated carbocycles. The largest absolute Gasteiger partial charge is 0.322 e. The molecule has 0 aromatic heterocycles. The minimum Gasteiger partial charge on any atom is -0.322 e. The van der Waals surface area contributed by atoms with Crippen molar-refractivity contribution in [1.29, 1.82) is 5.26 Å². The topological polar surface area (TPSA) is 70.1 Å². The Morgan fingerprint density at radius 1 is 1.35 bits per heavy atom. The highest BCUT2D eigenvalue weighted by Gasteiger charge is 2.47. The Hall–Kier alpha value is -1.71. The van der Waals surface area contributed by atoms with Gasteiger partial charge in [0.25, 0.3) is 0 Å². The Morgan fingerprint density at radius 3 is 2.54 bits per heavy atom. The number of likely N-dealkylation sites (tertiary alicyclic amines) is 1. The number of carbonyl (C=O) groups is 1. The predicted molar refractivity (Wildman–Crippen MR) is 96.9 cm³/mol. The van der Waals surface area contributed by atoms with Gasteiger partial charge >= 0.3 is 0 Å². The Morgan fingerprint density at radius 2 is 1.96 bits per heavy atom. The van der Waals surface area contributed by atoms with Gasteiger partial charge in [0.05, 0.1) is 18.7 Å². The molecule has 2 aliphatic rings. The minimum atomic E-state index is -1.17. The van der Waals surface area contributed by atoms with Crippen molar-refractivity contribution in [3.05, 3.63) is 35.6 Å². The third-order valence-electron chi connectivity index (χ3n) is 5.68. The molecule has 4 nitrogen and oxygen atoms in total. The molecule has 3 rings (SSSR count). The third-order valence-corrected chi connectivity index (χ3v) is 5.68. The first-order chi connectivity index (χ1) is 11.9. The summed E-state index contributed by atoms with van der Waals surface area (Å²) in [7, 11) is 0. The lowest BCUT2D eigenvalue weighted by Gasteiger charge is -2.37. The van der Waals surface area contributed by atoms with E-state index in [1.165, 1.54) is 17.0 Å². The molecule has 7 heteroatoms. The average Bonchev–Trinajstić information content (AvgIpc) is 3.23. The number of nitrogens with zero attached hydrogens (tertiary/aromatic N) is 2. The van der Waals surface area contributed by atoms with Gasteiger partial charge in [-0.05, 0) is 42.4 Å². The molecule has 1 aromatic carbocycles. The Balaban J connectivity index is 0.00000243. The molecule has 0 unspecified atom stereocenters. The van der Waals surface area contributed by atoms with Gasteiger partial charge in [0.15, 0.2) is 0 Å².